The van der Waals surface area contributed by atoms with Crippen LogP contribution in [0.15, 0.2) is 53.4 Å². The SMILES string of the molecule is COc1ccc(C2CCCN2C(=O)CN2CCC(NS(=O)(=O)c3ccccc3)CC2)c(OC)c1. The Morgan fingerprint density at radius 1 is 1.00 bits per heavy atom. The van der Waals surface area contributed by atoms with Crippen LogP contribution in [0.2, 0.25) is 0 Å². The van der Waals surface area contributed by atoms with Gasteiger partial charge in [-0.05, 0) is 49.9 Å². The van der Waals surface area contributed by atoms with E-state index in [1.165, 1.54) is 0 Å². The van der Waals surface area contributed by atoms with Crippen molar-refractivity contribution in [2.24, 2.45) is 0 Å². The minimum atomic E-state index is -3.53. The molecular weight excluding hydrogens is 454 g/mol. The predicted octanol–water partition coefficient (Wildman–Crippen LogP) is 2.81. The Labute approximate surface area is 201 Å². The Balaban J connectivity index is 1.33. The van der Waals surface area contributed by atoms with E-state index >= 15 is 0 Å². The van der Waals surface area contributed by atoms with Crippen LogP contribution in [0.1, 0.15) is 37.3 Å². The molecule has 4 rings (SSSR count). The molecule has 2 aromatic rings. The average Bonchev–Trinajstić information content (AvgIpc) is 3.35. The molecule has 2 heterocycles. The van der Waals surface area contributed by atoms with Crippen molar-refractivity contribution in [2.45, 2.75) is 42.7 Å². The summed E-state index contributed by atoms with van der Waals surface area (Å²) < 4.78 is 38.9. The van der Waals surface area contributed by atoms with Crippen LogP contribution < -0.4 is 14.2 Å². The largest absolute Gasteiger partial charge is 0.497 e. The molecule has 2 fully saturated rings. The maximum absolute atomic E-state index is 13.2. The van der Waals surface area contributed by atoms with Crippen LogP contribution in [0.3, 0.4) is 0 Å². The average molecular weight is 488 g/mol. The van der Waals surface area contributed by atoms with Crippen LogP contribution in [-0.4, -0.2) is 70.6 Å². The Morgan fingerprint density at radius 3 is 2.41 bits per heavy atom. The van der Waals surface area contributed by atoms with Crippen molar-refractivity contribution in [1.82, 2.24) is 14.5 Å². The van der Waals surface area contributed by atoms with Crippen LogP contribution in [0.5, 0.6) is 11.5 Å². The second-order valence-electron chi connectivity index (χ2n) is 8.84. The lowest BCUT2D eigenvalue weighted by Crippen LogP contribution is -2.48. The number of benzene rings is 2. The van der Waals surface area contributed by atoms with Crippen LogP contribution in [0.4, 0.5) is 0 Å². The monoisotopic (exact) mass is 487 g/mol. The number of nitrogens with one attached hydrogen (secondary N) is 1. The topological polar surface area (TPSA) is 88.2 Å². The van der Waals surface area contributed by atoms with Crippen LogP contribution in [0, 0.1) is 0 Å². The normalized spacial score (nSPS) is 19.8. The molecule has 0 bridgehead atoms. The first-order chi connectivity index (χ1) is 16.4. The summed E-state index contributed by atoms with van der Waals surface area (Å²) in [6, 6.07) is 14.0. The first-order valence-corrected chi connectivity index (χ1v) is 13.2. The van der Waals surface area contributed by atoms with Crippen LogP contribution >= 0.6 is 0 Å². The van der Waals surface area contributed by atoms with Gasteiger partial charge in [-0.3, -0.25) is 9.69 Å². The van der Waals surface area contributed by atoms with Crippen molar-refractivity contribution in [3.8, 4) is 11.5 Å². The van der Waals surface area contributed by atoms with E-state index in [-0.39, 0.29) is 22.9 Å². The molecule has 0 aromatic heterocycles. The highest BCUT2D eigenvalue weighted by atomic mass is 32.2. The summed E-state index contributed by atoms with van der Waals surface area (Å²) >= 11 is 0. The zero-order chi connectivity index (χ0) is 24.1. The maximum atomic E-state index is 13.2. The van der Waals surface area contributed by atoms with Crippen molar-refractivity contribution >= 4 is 15.9 Å². The van der Waals surface area contributed by atoms with E-state index in [2.05, 4.69) is 9.62 Å². The molecule has 0 aliphatic carbocycles. The lowest BCUT2D eigenvalue weighted by Gasteiger charge is -2.34. The molecule has 8 nitrogen and oxygen atoms in total. The second-order valence-corrected chi connectivity index (χ2v) is 10.6. The maximum Gasteiger partial charge on any atom is 0.240 e. The summed E-state index contributed by atoms with van der Waals surface area (Å²) in [5.41, 5.74) is 1.00. The van der Waals surface area contributed by atoms with Gasteiger partial charge in [0.05, 0.1) is 31.7 Å². The van der Waals surface area contributed by atoms with Gasteiger partial charge in [-0.25, -0.2) is 13.1 Å². The Kier molecular flexibility index (Phi) is 7.75. The number of carbonyl (C=O) groups is 1. The smallest absolute Gasteiger partial charge is 0.240 e. The van der Waals surface area contributed by atoms with Crippen LogP contribution in [-0.2, 0) is 14.8 Å². The number of likely N-dealkylation sites (tertiary alicyclic amines) is 2. The van der Waals surface area contributed by atoms with E-state index in [0.717, 1.165) is 36.4 Å². The fraction of sp³-hybridized carbons (Fsp3) is 0.480. The molecule has 1 unspecified atom stereocenters. The van der Waals surface area contributed by atoms with Crippen molar-refractivity contribution < 1.29 is 22.7 Å². The summed E-state index contributed by atoms with van der Waals surface area (Å²) in [4.78, 5) is 17.6. The molecule has 0 radical (unpaired) electrons. The van der Waals surface area contributed by atoms with Gasteiger partial charge < -0.3 is 14.4 Å². The molecule has 1 N–H and O–H groups in total. The highest BCUT2D eigenvalue weighted by Crippen LogP contribution is 2.38. The Hall–Kier alpha value is -2.62. The summed E-state index contributed by atoms with van der Waals surface area (Å²) in [6.07, 6.45) is 3.21. The van der Waals surface area contributed by atoms with Gasteiger partial charge in [0, 0.05) is 37.3 Å². The predicted molar refractivity (Wildman–Crippen MR) is 129 cm³/mol. The number of methoxy groups -OCH3 is 2. The van der Waals surface area contributed by atoms with E-state index in [1.54, 1.807) is 44.6 Å². The van der Waals surface area contributed by atoms with E-state index in [0.29, 0.717) is 32.5 Å². The molecule has 34 heavy (non-hydrogen) atoms. The van der Waals surface area contributed by atoms with Crippen molar-refractivity contribution in [3.05, 3.63) is 54.1 Å². The third kappa shape index (κ3) is 5.54. The quantitative estimate of drug-likeness (QED) is 0.616. The van der Waals surface area contributed by atoms with E-state index in [4.69, 9.17) is 9.47 Å². The van der Waals surface area contributed by atoms with Crippen molar-refractivity contribution in [1.29, 1.82) is 0 Å². The molecule has 1 atom stereocenters. The molecule has 2 aromatic carbocycles. The molecular formula is C25H33N3O5S. The number of sulfonamides is 1. The summed E-state index contributed by atoms with van der Waals surface area (Å²) in [6.45, 7) is 2.43. The number of nitrogens with zero attached hydrogens (tertiary/aromatic N) is 2. The molecule has 184 valence electrons. The number of amides is 1. The minimum absolute atomic E-state index is 0.0106. The first-order valence-electron chi connectivity index (χ1n) is 11.7. The highest BCUT2D eigenvalue weighted by Gasteiger charge is 2.33. The van der Waals surface area contributed by atoms with Gasteiger partial charge in [0.15, 0.2) is 0 Å². The van der Waals surface area contributed by atoms with Gasteiger partial charge in [-0.1, -0.05) is 18.2 Å². The van der Waals surface area contributed by atoms with E-state index < -0.39 is 10.0 Å². The molecule has 9 heteroatoms. The van der Waals surface area contributed by atoms with Gasteiger partial charge in [-0.15, -0.1) is 0 Å². The molecule has 2 saturated heterocycles. The lowest BCUT2D eigenvalue weighted by atomic mass is 10.0. The Bertz CT molecular complexity index is 1080. The van der Waals surface area contributed by atoms with Gasteiger partial charge in [0.25, 0.3) is 0 Å². The third-order valence-corrected chi connectivity index (χ3v) is 8.23. The standard InChI is InChI=1S/C25H33N3O5S/c1-32-20-10-11-22(24(17-20)33-2)23-9-6-14-28(23)25(29)18-27-15-12-19(13-16-27)26-34(30,31)21-7-4-3-5-8-21/h3-5,7-8,10-11,17,19,23,26H,6,9,12-16,18H2,1-2H3. The first kappa shape index (κ1) is 24.5. The van der Waals surface area contributed by atoms with Crippen molar-refractivity contribution in [3.63, 3.8) is 0 Å². The number of rotatable bonds is 8. The summed E-state index contributed by atoms with van der Waals surface area (Å²) in [5.74, 6) is 1.56. The van der Waals surface area contributed by atoms with Crippen molar-refractivity contribution in [2.75, 3.05) is 40.4 Å². The molecule has 1 amide bonds. The minimum Gasteiger partial charge on any atom is -0.497 e. The lowest BCUT2D eigenvalue weighted by molar-refractivity contribution is -0.133. The van der Waals surface area contributed by atoms with E-state index in [9.17, 15) is 13.2 Å². The third-order valence-electron chi connectivity index (χ3n) is 6.69. The van der Waals surface area contributed by atoms with Gasteiger partial charge >= 0.3 is 0 Å². The summed E-state index contributed by atoms with van der Waals surface area (Å²) in [5, 5.41) is 0. The number of hydrogen-bond donors (Lipinski definition) is 1. The highest BCUT2D eigenvalue weighted by molar-refractivity contribution is 7.89. The van der Waals surface area contributed by atoms with Gasteiger partial charge in [0.2, 0.25) is 15.9 Å². The number of piperidine rings is 1. The number of ether oxygens (including phenoxy) is 2. The number of carbonyl (C=O) groups excluding carboxylic acids is 1. The van der Waals surface area contributed by atoms with Crippen LogP contribution in [0.25, 0.3) is 0 Å². The molecule has 0 saturated carbocycles. The molecule has 0 spiro atoms. The van der Waals surface area contributed by atoms with Gasteiger partial charge in [0.1, 0.15) is 11.5 Å². The van der Waals surface area contributed by atoms with Gasteiger partial charge in [-0.2, -0.15) is 0 Å². The molecule has 2 aliphatic rings. The van der Waals surface area contributed by atoms with E-state index in [1.807, 2.05) is 23.1 Å². The zero-order valence-electron chi connectivity index (χ0n) is 19.8. The fourth-order valence-electron chi connectivity index (χ4n) is 4.86. The number of hydrogen-bond acceptors (Lipinski definition) is 6. The zero-order valence-corrected chi connectivity index (χ0v) is 20.6. The molecule has 2 aliphatic heterocycles. The second kappa shape index (κ2) is 10.8. The fourth-order valence-corrected chi connectivity index (χ4v) is 6.19. The summed E-state index contributed by atoms with van der Waals surface area (Å²) in [7, 11) is -0.272. The Morgan fingerprint density at radius 2 is 1.74 bits per heavy atom.